The lowest BCUT2D eigenvalue weighted by Crippen LogP contribution is -2.31. The van der Waals surface area contributed by atoms with E-state index in [1.807, 2.05) is 30.3 Å². The number of carbonyl (C=O) groups is 2. The van der Waals surface area contributed by atoms with E-state index in [-0.39, 0.29) is 36.8 Å². The van der Waals surface area contributed by atoms with Crippen LogP contribution in [0.4, 0.5) is 0 Å². The number of phenolic OH excluding ortho intramolecular Hbond substituents is 1. The largest absolute Gasteiger partial charge is 0.508 e. The number of amides is 1. The average molecular weight is 417 g/mol. The lowest BCUT2D eigenvalue weighted by molar-refractivity contribution is -0.124. The van der Waals surface area contributed by atoms with E-state index >= 15 is 0 Å². The van der Waals surface area contributed by atoms with Gasteiger partial charge < -0.3 is 10.4 Å². The van der Waals surface area contributed by atoms with Gasteiger partial charge in [-0.3, -0.25) is 9.59 Å². The van der Waals surface area contributed by atoms with Gasteiger partial charge in [0.2, 0.25) is 5.91 Å². The molecular weight excluding hydrogens is 396 g/mol. The Labute approximate surface area is 178 Å². The number of nitrogens with one attached hydrogen (secondary N) is 1. The molecule has 1 heterocycles. The minimum Gasteiger partial charge on any atom is -0.508 e. The minimum absolute atomic E-state index is 0.0250. The summed E-state index contributed by atoms with van der Waals surface area (Å²) in [6, 6.07) is 22.7. The number of thiazole rings is 1. The first kappa shape index (κ1) is 19.8. The molecular formula is C24H20N2O3S. The molecule has 0 saturated heterocycles. The highest BCUT2D eigenvalue weighted by Crippen LogP contribution is 2.28. The van der Waals surface area contributed by atoms with Crippen LogP contribution in [0.1, 0.15) is 10.6 Å². The molecule has 4 rings (SSSR count). The fourth-order valence-electron chi connectivity index (χ4n) is 3.16. The van der Waals surface area contributed by atoms with Crippen LogP contribution in [-0.2, 0) is 22.4 Å². The van der Waals surface area contributed by atoms with Gasteiger partial charge >= 0.3 is 0 Å². The van der Waals surface area contributed by atoms with Crippen molar-refractivity contribution in [1.82, 2.24) is 10.3 Å². The first-order chi connectivity index (χ1) is 14.6. The van der Waals surface area contributed by atoms with Crippen LogP contribution in [0.5, 0.6) is 5.75 Å². The molecule has 0 fully saturated rings. The topological polar surface area (TPSA) is 79.3 Å². The Hall–Kier alpha value is -3.51. The number of hydrogen-bond acceptors (Lipinski definition) is 5. The third-order valence-corrected chi connectivity index (χ3v) is 5.69. The second-order valence-corrected chi connectivity index (χ2v) is 8.11. The summed E-state index contributed by atoms with van der Waals surface area (Å²) in [5, 5.41) is 12.7. The van der Waals surface area contributed by atoms with E-state index in [1.165, 1.54) is 23.5 Å². The fourth-order valence-corrected chi connectivity index (χ4v) is 4.16. The molecule has 5 nitrogen and oxygen atoms in total. The Morgan fingerprint density at radius 2 is 1.67 bits per heavy atom. The summed E-state index contributed by atoms with van der Waals surface area (Å²) in [5.74, 6) is -0.159. The smallest absolute Gasteiger partial charge is 0.227 e. The van der Waals surface area contributed by atoms with Crippen molar-refractivity contribution in [3.8, 4) is 16.9 Å². The molecule has 30 heavy (non-hydrogen) atoms. The van der Waals surface area contributed by atoms with Crippen LogP contribution >= 0.6 is 11.3 Å². The van der Waals surface area contributed by atoms with Gasteiger partial charge in [-0.25, -0.2) is 4.98 Å². The van der Waals surface area contributed by atoms with Crippen molar-refractivity contribution in [1.29, 1.82) is 0 Å². The maximum absolute atomic E-state index is 12.2. The molecule has 0 spiro atoms. The summed E-state index contributed by atoms with van der Waals surface area (Å²) >= 11 is 1.49. The number of aromatic hydroxyl groups is 1. The van der Waals surface area contributed by atoms with Crippen molar-refractivity contribution in [3.05, 3.63) is 83.4 Å². The second-order valence-electron chi connectivity index (χ2n) is 6.99. The molecule has 1 aromatic heterocycles. The first-order valence-corrected chi connectivity index (χ1v) is 10.4. The Kier molecular flexibility index (Phi) is 5.86. The lowest BCUT2D eigenvalue weighted by Gasteiger charge is -2.04. The van der Waals surface area contributed by atoms with Crippen molar-refractivity contribution >= 4 is 33.2 Å². The molecule has 0 aliphatic rings. The molecule has 0 aliphatic carbocycles. The third kappa shape index (κ3) is 4.90. The van der Waals surface area contributed by atoms with Crippen LogP contribution in [0.15, 0.2) is 72.8 Å². The van der Waals surface area contributed by atoms with E-state index in [0.29, 0.717) is 0 Å². The molecule has 0 saturated carbocycles. The Morgan fingerprint density at radius 1 is 0.900 bits per heavy atom. The summed E-state index contributed by atoms with van der Waals surface area (Å²) in [4.78, 5) is 28.9. The number of ketones is 1. The molecule has 2 N–H and O–H groups in total. The van der Waals surface area contributed by atoms with E-state index in [9.17, 15) is 14.7 Å². The number of aromatic nitrogens is 1. The quantitative estimate of drug-likeness (QED) is 0.475. The summed E-state index contributed by atoms with van der Waals surface area (Å²) in [6.45, 7) is -0.0250. The molecule has 0 aliphatic heterocycles. The molecule has 150 valence electrons. The third-order valence-electron chi connectivity index (χ3n) is 4.67. The summed E-state index contributed by atoms with van der Waals surface area (Å²) in [6.07, 6.45) is 0.358. The zero-order valence-electron chi connectivity index (χ0n) is 16.2. The van der Waals surface area contributed by atoms with Crippen LogP contribution in [0.3, 0.4) is 0 Å². The van der Waals surface area contributed by atoms with Crippen molar-refractivity contribution in [2.75, 3.05) is 6.54 Å². The predicted molar refractivity (Wildman–Crippen MR) is 119 cm³/mol. The number of Topliss-reactive ketones (excluding diaryl/α,β-unsaturated/α-hetero) is 1. The Morgan fingerprint density at radius 3 is 2.43 bits per heavy atom. The van der Waals surface area contributed by atoms with Gasteiger partial charge in [0.25, 0.3) is 0 Å². The monoisotopic (exact) mass is 416 g/mol. The van der Waals surface area contributed by atoms with E-state index in [0.717, 1.165) is 31.9 Å². The number of hydrogen-bond donors (Lipinski definition) is 2. The molecule has 3 aromatic carbocycles. The molecule has 0 bridgehead atoms. The zero-order chi connectivity index (χ0) is 20.9. The van der Waals surface area contributed by atoms with E-state index in [4.69, 9.17) is 0 Å². The van der Waals surface area contributed by atoms with Crippen molar-refractivity contribution in [2.24, 2.45) is 0 Å². The maximum atomic E-state index is 12.2. The van der Waals surface area contributed by atoms with Gasteiger partial charge in [0, 0.05) is 6.42 Å². The molecule has 0 atom stereocenters. The molecule has 1 amide bonds. The number of benzene rings is 3. The van der Waals surface area contributed by atoms with Crippen LogP contribution in [0, 0.1) is 0 Å². The number of phenols is 1. The van der Waals surface area contributed by atoms with Crippen LogP contribution in [-0.4, -0.2) is 28.3 Å². The van der Waals surface area contributed by atoms with E-state index in [1.54, 1.807) is 12.1 Å². The fraction of sp³-hybridized carbons (Fsp3) is 0.125. The van der Waals surface area contributed by atoms with Gasteiger partial charge in [0.1, 0.15) is 10.8 Å². The van der Waals surface area contributed by atoms with Gasteiger partial charge in [0.15, 0.2) is 5.78 Å². The average Bonchev–Trinajstić information content (AvgIpc) is 3.16. The van der Waals surface area contributed by atoms with Gasteiger partial charge in [-0.05, 0) is 41.0 Å². The van der Waals surface area contributed by atoms with E-state index < -0.39 is 0 Å². The van der Waals surface area contributed by atoms with Gasteiger partial charge in [0.05, 0.1) is 23.2 Å². The Bertz CT molecular complexity index is 1180. The number of nitrogens with zero attached hydrogens (tertiary/aromatic N) is 1. The molecule has 6 heteroatoms. The lowest BCUT2D eigenvalue weighted by atomic mass is 10.1. The van der Waals surface area contributed by atoms with Crippen molar-refractivity contribution < 1.29 is 14.7 Å². The van der Waals surface area contributed by atoms with E-state index in [2.05, 4.69) is 28.5 Å². The molecule has 0 unspecified atom stereocenters. The predicted octanol–water partition coefficient (Wildman–Crippen LogP) is 4.14. The second kappa shape index (κ2) is 8.88. The molecule has 4 aromatic rings. The highest BCUT2D eigenvalue weighted by atomic mass is 32.1. The van der Waals surface area contributed by atoms with Crippen LogP contribution in [0.2, 0.25) is 0 Å². The van der Waals surface area contributed by atoms with Gasteiger partial charge in [-0.15, -0.1) is 11.3 Å². The van der Waals surface area contributed by atoms with Gasteiger partial charge in [-0.2, -0.15) is 0 Å². The number of carbonyl (C=O) groups excluding carboxylic acids is 2. The summed E-state index contributed by atoms with van der Waals surface area (Å²) in [7, 11) is 0. The standard InChI is InChI=1S/C24H20N2O3S/c27-19-9-6-16(7-10-19)12-20(28)15-25-23(29)14-24-26-21-11-8-18(13-22(21)30-24)17-4-2-1-3-5-17/h1-11,13,27H,12,14-15H2,(H,25,29). The number of rotatable bonds is 7. The van der Waals surface area contributed by atoms with Crippen LogP contribution < -0.4 is 5.32 Å². The summed E-state index contributed by atoms with van der Waals surface area (Å²) in [5.41, 5.74) is 3.92. The Balaban J connectivity index is 1.34. The van der Waals surface area contributed by atoms with Crippen LogP contribution in [0.25, 0.3) is 21.3 Å². The maximum Gasteiger partial charge on any atom is 0.227 e. The zero-order valence-corrected chi connectivity index (χ0v) is 17.0. The highest BCUT2D eigenvalue weighted by Gasteiger charge is 2.12. The van der Waals surface area contributed by atoms with Crippen molar-refractivity contribution in [2.45, 2.75) is 12.8 Å². The van der Waals surface area contributed by atoms with Crippen molar-refractivity contribution in [3.63, 3.8) is 0 Å². The number of fused-ring (bicyclic) bond motifs is 1. The minimum atomic E-state index is -0.226. The SMILES string of the molecule is O=C(CNC(=O)Cc1nc2ccc(-c3ccccc3)cc2s1)Cc1ccc(O)cc1. The first-order valence-electron chi connectivity index (χ1n) is 9.58. The molecule has 0 radical (unpaired) electrons. The van der Waals surface area contributed by atoms with Gasteiger partial charge in [-0.1, -0.05) is 48.5 Å². The normalized spacial score (nSPS) is 10.8. The highest BCUT2D eigenvalue weighted by molar-refractivity contribution is 7.18. The summed E-state index contributed by atoms with van der Waals surface area (Å²) < 4.78 is 1.03.